The van der Waals surface area contributed by atoms with E-state index in [1.807, 2.05) is 22.6 Å². The zero-order valence-electron chi connectivity index (χ0n) is 8.92. The molecule has 5 nitrogen and oxygen atoms in total. The van der Waals surface area contributed by atoms with Gasteiger partial charge in [0.1, 0.15) is 9.22 Å². The van der Waals surface area contributed by atoms with Crippen LogP contribution >= 0.6 is 22.6 Å². The number of rotatable bonds is 2. The predicted octanol–water partition coefficient (Wildman–Crippen LogP) is 1.49. The van der Waals surface area contributed by atoms with Crippen molar-refractivity contribution in [1.82, 2.24) is 9.38 Å². The Hall–Kier alpha value is -1.44. The van der Waals surface area contributed by atoms with Crippen LogP contribution in [0.3, 0.4) is 0 Å². The van der Waals surface area contributed by atoms with E-state index in [2.05, 4.69) is 4.98 Å². The van der Waals surface area contributed by atoms with Gasteiger partial charge in [0.15, 0.2) is 0 Å². The molecule has 0 saturated carbocycles. The highest BCUT2D eigenvalue weighted by Gasteiger charge is 2.21. The van der Waals surface area contributed by atoms with Gasteiger partial charge in [0.2, 0.25) is 0 Å². The van der Waals surface area contributed by atoms with Gasteiger partial charge in [0.25, 0.3) is 5.56 Å². The van der Waals surface area contributed by atoms with Gasteiger partial charge in [-0.15, -0.1) is 0 Å². The van der Waals surface area contributed by atoms with Gasteiger partial charge in [-0.2, -0.15) is 0 Å². The van der Waals surface area contributed by atoms with Crippen molar-refractivity contribution in [3.8, 4) is 0 Å². The number of fused-ring (bicyclic) bond motifs is 1. The predicted molar refractivity (Wildman–Crippen MR) is 70.2 cm³/mol. The van der Waals surface area contributed by atoms with E-state index >= 15 is 0 Å². The monoisotopic (exact) mass is 344 g/mol. The molecule has 2 aromatic heterocycles. The molecule has 88 valence electrons. The lowest BCUT2D eigenvalue weighted by Crippen LogP contribution is -2.23. The smallest absolute Gasteiger partial charge is 0.312 e. The Morgan fingerprint density at radius 1 is 1.53 bits per heavy atom. The van der Waals surface area contributed by atoms with Crippen LogP contribution in [0.1, 0.15) is 18.5 Å². The van der Waals surface area contributed by atoms with Crippen molar-refractivity contribution in [1.29, 1.82) is 0 Å². The van der Waals surface area contributed by atoms with E-state index in [1.165, 1.54) is 11.3 Å². The number of pyridine rings is 1. The summed E-state index contributed by atoms with van der Waals surface area (Å²) in [5, 5.41) is 8.97. The maximum atomic E-state index is 12.0. The molecular weight excluding hydrogens is 335 g/mol. The average Bonchev–Trinajstić information content (AvgIpc) is 2.33. The van der Waals surface area contributed by atoms with E-state index in [1.54, 1.807) is 24.4 Å². The van der Waals surface area contributed by atoms with E-state index in [4.69, 9.17) is 5.11 Å². The second-order valence-electron chi connectivity index (χ2n) is 3.60. The third kappa shape index (κ3) is 2.04. The van der Waals surface area contributed by atoms with Crippen molar-refractivity contribution in [2.75, 3.05) is 0 Å². The minimum atomic E-state index is -0.991. The van der Waals surface area contributed by atoms with E-state index in [9.17, 15) is 9.59 Å². The van der Waals surface area contributed by atoms with Gasteiger partial charge in [0, 0.05) is 6.20 Å². The lowest BCUT2D eigenvalue weighted by atomic mass is 10.1. The molecule has 0 saturated heterocycles. The quantitative estimate of drug-likeness (QED) is 0.838. The lowest BCUT2D eigenvalue weighted by Gasteiger charge is -2.09. The summed E-state index contributed by atoms with van der Waals surface area (Å²) in [6.45, 7) is 1.52. The van der Waals surface area contributed by atoms with Gasteiger partial charge in [-0.3, -0.25) is 14.0 Å². The van der Waals surface area contributed by atoms with Gasteiger partial charge in [0.05, 0.1) is 11.6 Å². The molecule has 0 aliphatic rings. The van der Waals surface area contributed by atoms with Crippen molar-refractivity contribution in [2.24, 2.45) is 0 Å². The maximum absolute atomic E-state index is 12.0. The number of carboxylic acids is 1. The number of carbonyl (C=O) groups is 1. The molecule has 17 heavy (non-hydrogen) atoms. The second kappa shape index (κ2) is 4.44. The maximum Gasteiger partial charge on any atom is 0.312 e. The summed E-state index contributed by atoms with van der Waals surface area (Å²) in [7, 11) is 0. The van der Waals surface area contributed by atoms with Crippen molar-refractivity contribution in [2.45, 2.75) is 12.8 Å². The van der Waals surface area contributed by atoms with Crippen LogP contribution < -0.4 is 5.56 Å². The number of hydrogen-bond acceptors (Lipinski definition) is 3. The fourth-order valence-corrected chi connectivity index (χ4v) is 2.34. The lowest BCUT2D eigenvalue weighted by molar-refractivity contribution is -0.138. The van der Waals surface area contributed by atoms with Gasteiger partial charge in [-0.1, -0.05) is 6.07 Å². The van der Waals surface area contributed by atoms with E-state index in [0.717, 1.165) is 0 Å². The molecule has 2 rings (SSSR count). The van der Waals surface area contributed by atoms with Crippen LogP contribution in [0.4, 0.5) is 0 Å². The third-order valence-electron chi connectivity index (χ3n) is 2.49. The molecule has 0 amide bonds. The zero-order valence-corrected chi connectivity index (χ0v) is 11.1. The number of hydrogen-bond donors (Lipinski definition) is 1. The van der Waals surface area contributed by atoms with Gasteiger partial charge < -0.3 is 5.11 Å². The highest BCUT2D eigenvalue weighted by molar-refractivity contribution is 14.1. The summed E-state index contributed by atoms with van der Waals surface area (Å²) in [5.74, 6) is -1.78. The zero-order chi connectivity index (χ0) is 12.6. The van der Waals surface area contributed by atoms with Crippen LogP contribution in [0.2, 0.25) is 0 Å². The average molecular weight is 344 g/mol. The Bertz CT molecular complexity index is 651. The van der Waals surface area contributed by atoms with E-state index in [0.29, 0.717) is 14.9 Å². The summed E-state index contributed by atoms with van der Waals surface area (Å²) in [6, 6.07) is 5.16. The minimum absolute atomic E-state index is 0.237. The molecule has 6 heteroatoms. The number of halogens is 1. The van der Waals surface area contributed by atoms with Crippen LogP contribution in [-0.2, 0) is 4.79 Å². The number of nitrogens with zero attached hydrogens (tertiary/aromatic N) is 2. The Morgan fingerprint density at radius 2 is 2.24 bits per heavy atom. The van der Waals surface area contributed by atoms with Crippen LogP contribution in [0, 0.1) is 3.57 Å². The summed E-state index contributed by atoms with van der Waals surface area (Å²) in [4.78, 5) is 27.2. The fourth-order valence-electron chi connectivity index (χ4n) is 1.49. The van der Waals surface area contributed by atoms with Crippen molar-refractivity contribution >= 4 is 34.2 Å². The number of aromatic nitrogens is 2. The number of carboxylic acid groups (broad SMARTS) is 1. The standard InChI is InChI=1S/C11H9IN2O3/c1-6(11(16)17)9-8(12)10(15)14-5-3-2-4-7(14)13-9/h2-6H,1H3,(H,16,17). The first-order valence-electron chi connectivity index (χ1n) is 4.92. The minimum Gasteiger partial charge on any atom is -0.481 e. The van der Waals surface area contributed by atoms with Gasteiger partial charge in [-0.25, -0.2) is 4.98 Å². The van der Waals surface area contributed by atoms with Crippen molar-refractivity contribution in [3.63, 3.8) is 0 Å². The SMILES string of the molecule is CC(C(=O)O)c1nc2ccccn2c(=O)c1I. The first-order chi connectivity index (χ1) is 8.02. The molecule has 0 bridgehead atoms. The molecule has 0 fully saturated rings. The normalized spacial score (nSPS) is 12.6. The highest BCUT2D eigenvalue weighted by atomic mass is 127. The Balaban J connectivity index is 2.79. The second-order valence-corrected chi connectivity index (χ2v) is 4.68. The van der Waals surface area contributed by atoms with Crippen LogP contribution in [0.25, 0.3) is 5.65 Å². The van der Waals surface area contributed by atoms with Crippen molar-refractivity contribution < 1.29 is 9.90 Å². The first-order valence-corrected chi connectivity index (χ1v) is 6.00. The Labute approximate surface area is 110 Å². The molecule has 1 atom stereocenters. The van der Waals surface area contributed by atoms with E-state index < -0.39 is 11.9 Å². The van der Waals surface area contributed by atoms with Crippen LogP contribution in [0.15, 0.2) is 29.2 Å². The van der Waals surface area contributed by atoms with Crippen molar-refractivity contribution in [3.05, 3.63) is 44.0 Å². The largest absolute Gasteiger partial charge is 0.481 e. The molecule has 2 aromatic rings. The molecule has 1 unspecified atom stereocenters. The number of aliphatic carboxylic acids is 1. The first kappa shape index (κ1) is 12.0. The molecule has 0 spiro atoms. The molecule has 0 aliphatic heterocycles. The van der Waals surface area contributed by atoms with Gasteiger partial charge in [-0.05, 0) is 41.6 Å². The molecule has 0 aliphatic carbocycles. The summed E-state index contributed by atoms with van der Waals surface area (Å²) in [6.07, 6.45) is 1.61. The summed E-state index contributed by atoms with van der Waals surface area (Å²) >= 11 is 1.84. The van der Waals surface area contributed by atoms with E-state index in [-0.39, 0.29) is 5.56 Å². The molecular formula is C11H9IN2O3. The molecule has 2 heterocycles. The molecule has 1 N–H and O–H groups in total. The third-order valence-corrected chi connectivity index (χ3v) is 3.50. The van der Waals surface area contributed by atoms with Crippen LogP contribution in [0.5, 0.6) is 0 Å². The summed E-state index contributed by atoms with van der Waals surface area (Å²) < 4.78 is 1.75. The fraction of sp³-hybridized carbons (Fsp3) is 0.182. The Morgan fingerprint density at radius 3 is 2.88 bits per heavy atom. The van der Waals surface area contributed by atoms with Crippen LogP contribution in [-0.4, -0.2) is 20.5 Å². The molecule has 0 aromatic carbocycles. The highest BCUT2D eigenvalue weighted by Crippen LogP contribution is 2.17. The molecule has 0 radical (unpaired) electrons. The topological polar surface area (TPSA) is 71.7 Å². The Kier molecular flexibility index (Phi) is 3.14. The summed E-state index contributed by atoms with van der Waals surface area (Å²) in [5.41, 5.74) is 0.537. The van der Waals surface area contributed by atoms with Gasteiger partial charge >= 0.3 is 5.97 Å².